The predicted octanol–water partition coefficient (Wildman–Crippen LogP) is 4.90. The summed E-state index contributed by atoms with van der Waals surface area (Å²) in [5.74, 6) is -1.29. The molecule has 2 aromatic carbocycles. The predicted molar refractivity (Wildman–Crippen MR) is 135 cm³/mol. The maximum Gasteiger partial charge on any atom is 0.407 e. The molecule has 0 bridgehead atoms. The molecular weight excluding hydrogens is 444 g/mol. The van der Waals surface area contributed by atoms with Crippen LogP contribution in [0.4, 0.5) is 4.79 Å². The molecule has 2 atom stereocenters. The van der Waals surface area contributed by atoms with E-state index in [-0.39, 0.29) is 24.4 Å². The van der Waals surface area contributed by atoms with Crippen molar-refractivity contribution in [2.75, 3.05) is 19.7 Å². The van der Waals surface area contributed by atoms with Crippen molar-refractivity contribution in [1.29, 1.82) is 0 Å². The number of aliphatic carboxylic acids is 1. The molecule has 7 nitrogen and oxygen atoms in total. The van der Waals surface area contributed by atoms with Crippen molar-refractivity contribution in [3.8, 4) is 11.1 Å². The van der Waals surface area contributed by atoms with Crippen LogP contribution < -0.4 is 5.32 Å². The molecule has 1 aliphatic rings. The monoisotopic (exact) mass is 480 g/mol. The number of benzene rings is 2. The first-order chi connectivity index (χ1) is 16.7. The third-order valence-electron chi connectivity index (χ3n) is 6.49. The zero-order valence-electron chi connectivity index (χ0n) is 21.0. The summed E-state index contributed by atoms with van der Waals surface area (Å²) in [6, 6.07) is 15.3. The van der Waals surface area contributed by atoms with E-state index in [1.807, 2.05) is 64.1 Å². The number of hydrogen-bond acceptors (Lipinski definition) is 4. The fourth-order valence-electron chi connectivity index (χ4n) is 4.63. The minimum atomic E-state index is -1.08. The van der Waals surface area contributed by atoms with Crippen LogP contribution in [0.15, 0.2) is 48.5 Å². The number of ether oxygens (including phenoxy) is 1. The Bertz CT molecular complexity index is 1010. The lowest BCUT2D eigenvalue weighted by Gasteiger charge is -2.29. The third kappa shape index (κ3) is 6.62. The fraction of sp³-hybridized carbons (Fsp3) is 0.464. The lowest BCUT2D eigenvalue weighted by atomic mass is 9.98. The highest BCUT2D eigenvalue weighted by Gasteiger charge is 2.32. The average Bonchev–Trinajstić information content (AvgIpc) is 3.14. The van der Waals surface area contributed by atoms with Crippen molar-refractivity contribution in [2.45, 2.75) is 52.5 Å². The van der Waals surface area contributed by atoms with Gasteiger partial charge in [-0.05, 0) is 40.5 Å². The van der Waals surface area contributed by atoms with Gasteiger partial charge in [0.05, 0.1) is 0 Å². The quantitative estimate of drug-likeness (QED) is 0.477. The van der Waals surface area contributed by atoms with Gasteiger partial charge < -0.3 is 20.1 Å². The van der Waals surface area contributed by atoms with E-state index in [0.29, 0.717) is 13.0 Å². The van der Waals surface area contributed by atoms with Gasteiger partial charge in [-0.3, -0.25) is 9.59 Å². The number of alkyl carbamates (subject to hydrolysis) is 1. The van der Waals surface area contributed by atoms with Gasteiger partial charge in [-0.1, -0.05) is 82.6 Å². The Morgan fingerprint density at radius 2 is 1.57 bits per heavy atom. The second-order valence-corrected chi connectivity index (χ2v) is 9.78. The van der Waals surface area contributed by atoms with Crippen LogP contribution in [0.2, 0.25) is 0 Å². The Hall–Kier alpha value is -3.35. The largest absolute Gasteiger partial charge is 0.480 e. The third-order valence-corrected chi connectivity index (χ3v) is 6.49. The molecule has 3 rings (SSSR count). The normalized spacial score (nSPS) is 14.1. The summed E-state index contributed by atoms with van der Waals surface area (Å²) >= 11 is 0. The highest BCUT2D eigenvalue weighted by atomic mass is 16.5. The average molecular weight is 481 g/mol. The van der Waals surface area contributed by atoms with Crippen LogP contribution in [0.5, 0.6) is 0 Å². The number of rotatable bonds is 11. The Kier molecular flexibility index (Phi) is 8.90. The van der Waals surface area contributed by atoms with E-state index in [2.05, 4.69) is 17.4 Å². The van der Waals surface area contributed by atoms with Crippen molar-refractivity contribution in [3.05, 3.63) is 59.7 Å². The molecule has 2 unspecified atom stereocenters. The van der Waals surface area contributed by atoms with Crippen molar-refractivity contribution in [2.24, 2.45) is 11.8 Å². The van der Waals surface area contributed by atoms with Gasteiger partial charge in [0.15, 0.2) is 0 Å². The molecule has 0 saturated heterocycles. The molecular formula is C28H36N2O5. The smallest absolute Gasteiger partial charge is 0.407 e. The van der Waals surface area contributed by atoms with E-state index in [1.165, 1.54) is 4.90 Å². The molecule has 0 radical (unpaired) electrons. The number of carboxylic acids is 1. The van der Waals surface area contributed by atoms with Gasteiger partial charge in [-0.15, -0.1) is 0 Å². The molecule has 0 saturated carbocycles. The number of carboxylic acid groups (broad SMARTS) is 1. The zero-order valence-corrected chi connectivity index (χ0v) is 21.0. The molecule has 35 heavy (non-hydrogen) atoms. The van der Waals surface area contributed by atoms with Crippen molar-refractivity contribution in [1.82, 2.24) is 10.2 Å². The summed E-state index contributed by atoms with van der Waals surface area (Å²) in [6.07, 6.45) is 0.570. The maximum absolute atomic E-state index is 13.3. The second-order valence-electron chi connectivity index (χ2n) is 9.78. The van der Waals surface area contributed by atoms with Crippen LogP contribution in [0, 0.1) is 11.8 Å². The second kappa shape index (κ2) is 11.9. The number of nitrogens with one attached hydrogen (secondary N) is 1. The van der Waals surface area contributed by atoms with Crippen LogP contribution in [0.1, 0.15) is 57.6 Å². The summed E-state index contributed by atoms with van der Waals surface area (Å²) < 4.78 is 5.64. The van der Waals surface area contributed by atoms with Gasteiger partial charge in [0, 0.05) is 12.5 Å². The van der Waals surface area contributed by atoms with Crippen LogP contribution in [0.3, 0.4) is 0 Å². The molecule has 0 aromatic heterocycles. The molecule has 0 heterocycles. The molecule has 0 fully saturated rings. The Balaban J connectivity index is 1.72. The van der Waals surface area contributed by atoms with Crippen LogP contribution in [-0.4, -0.2) is 53.7 Å². The van der Waals surface area contributed by atoms with E-state index in [9.17, 15) is 19.5 Å². The first-order valence-electron chi connectivity index (χ1n) is 12.3. The van der Waals surface area contributed by atoms with Gasteiger partial charge in [0.1, 0.15) is 19.2 Å². The van der Waals surface area contributed by atoms with E-state index < -0.39 is 30.6 Å². The van der Waals surface area contributed by atoms with E-state index in [0.717, 1.165) is 28.7 Å². The molecule has 188 valence electrons. The summed E-state index contributed by atoms with van der Waals surface area (Å²) in [5, 5.41) is 12.0. The van der Waals surface area contributed by atoms with Crippen LogP contribution >= 0.6 is 0 Å². The van der Waals surface area contributed by atoms with E-state index in [1.54, 1.807) is 0 Å². The maximum atomic E-state index is 13.3. The minimum absolute atomic E-state index is 0.0821. The summed E-state index contributed by atoms with van der Waals surface area (Å²) in [4.78, 5) is 38.8. The zero-order chi connectivity index (χ0) is 25.5. The highest BCUT2D eigenvalue weighted by molar-refractivity contribution is 5.88. The van der Waals surface area contributed by atoms with E-state index in [4.69, 9.17) is 4.74 Å². The summed E-state index contributed by atoms with van der Waals surface area (Å²) in [5.41, 5.74) is 4.50. The Labute approximate surface area is 207 Å². The molecule has 7 heteroatoms. The number of hydrogen-bond donors (Lipinski definition) is 2. The standard InChI is InChI=1S/C28H36N2O5/c1-5-19(4)14-25(27(33)30(15-18(2)3)16-26(31)32)29-28(34)35-17-24-22-12-8-6-10-20(22)21-11-7-9-13-23(21)24/h6-13,18-19,24-25H,5,14-17H2,1-4H3,(H,29,34)(H,31,32). The van der Waals surface area contributed by atoms with Gasteiger partial charge in [0.25, 0.3) is 0 Å². The molecule has 2 amide bonds. The van der Waals surface area contributed by atoms with Gasteiger partial charge in [-0.2, -0.15) is 0 Å². The minimum Gasteiger partial charge on any atom is -0.480 e. The number of carbonyl (C=O) groups is 3. The first kappa shape index (κ1) is 26.3. The van der Waals surface area contributed by atoms with Crippen LogP contribution in [0.25, 0.3) is 11.1 Å². The number of carbonyl (C=O) groups excluding carboxylic acids is 2. The van der Waals surface area contributed by atoms with Crippen molar-refractivity contribution < 1.29 is 24.2 Å². The van der Waals surface area contributed by atoms with Gasteiger partial charge in [0.2, 0.25) is 5.91 Å². The highest BCUT2D eigenvalue weighted by Crippen LogP contribution is 2.44. The Morgan fingerprint density at radius 3 is 2.09 bits per heavy atom. The fourth-order valence-corrected chi connectivity index (χ4v) is 4.63. The van der Waals surface area contributed by atoms with Crippen LogP contribution in [-0.2, 0) is 14.3 Å². The van der Waals surface area contributed by atoms with Gasteiger partial charge in [-0.25, -0.2) is 4.79 Å². The lowest BCUT2D eigenvalue weighted by molar-refractivity contribution is -0.145. The summed E-state index contributed by atoms with van der Waals surface area (Å²) in [7, 11) is 0. The number of amides is 2. The molecule has 1 aliphatic carbocycles. The summed E-state index contributed by atoms with van der Waals surface area (Å²) in [6.45, 7) is 7.91. The van der Waals surface area contributed by atoms with Crippen molar-refractivity contribution in [3.63, 3.8) is 0 Å². The first-order valence-corrected chi connectivity index (χ1v) is 12.3. The Morgan fingerprint density at radius 1 is 1.00 bits per heavy atom. The molecule has 2 N–H and O–H groups in total. The molecule has 0 aliphatic heterocycles. The van der Waals surface area contributed by atoms with Crippen molar-refractivity contribution >= 4 is 18.0 Å². The number of nitrogens with zero attached hydrogens (tertiary/aromatic N) is 1. The SMILES string of the molecule is CCC(C)CC(NC(=O)OCC1c2ccccc2-c2ccccc21)C(=O)N(CC(=O)O)CC(C)C. The number of fused-ring (bicyclic) bond motifs is 3. The molecule has 0 spiro atoms. The van der Waals surface area contributed by atoms with Gasteiger partial charge >= 0.3 is 12.1 Å². The topological polar surface area (TPSA) is 95.9 Å². The van der Waals surface area contributed by atoms with E-state index >= 15 is 0 Å². The molecule has 2 aromatic rings. The lowest BCUT2D eigenvalue weighted by Crippen LogP contribution is -2.51.